The number of fused-ring (bicyclic) bond motifs is 1. The number of halogens is 4. The third-order valence-corrected chi connectivity index (χ3v) is 3.94. The molecule has 3 N–H and O–H groups in total. The molecule has 0 bridgehead atoms. The molecule has 0 heterocycles. The first-order valence-corrected chi connectivity index (χ1v) is 8.33. The number of amides is 1. The van der Waals surface area contributed by atoms with E-state index in [9.17, 15) is 9.18 Å². The normalized spacial score (nSPS) is 12.5. The fraction of sp³-hybridized carbons (Fsp3) is 0.200. The second-order valence-electron chi connectivity index (χ2n) is 4.80. The van der Waals surface area contributed by atoms with Crippen molar-refractivity contribution in [2.45, 2.75) is 9.96 Å². The van der Waals surface area contributed by atoms with E-state index in [-0.39, 0.29) is 5.11 Å². The molecule has 0 saturated carbocycles. The fourth-order valence-electron chi connectivity index (χ4n) is 2.02. The summed E-state index contributed by atoms with van der Waals surface area (Å²) < 4.78 is 10.5. The van der Waals surface area contributed by atoms with Gasteiger partial charge >= 0.3 is 0 Å². The molecule has 0 aromatic heterocycles. The van der Waals surface area contributed by atoms with Crippen molar-refractivity contribution >= 4 is 74.5 Å². The van der Waals surface area contributed by atoms with Crippen molar-refractivity contribution in [3.05, 3.63) is 42.5 Å². The number of hydrogen-bond donors (Lipinski definition) is 3. The SMILES string of the molecule is O=C(CF)N[C@H](NC(=S)Nc1cccc2ccccc12)C(Cl)(Cl)Cl. The Labute approximate surface area is 158 Å². The second-order valence-corrected chi connectivity index (χ2v) is 7.58. The summed E-state index contributed by atoms with van der Waals surface area (Å²) in [4.78, 5) is 11.2. The minimum Gasteiger partial charge on any atom is -0.339 e. The second kappa shape index (κ2) is 8.16. The summed E-state index contributed by atoms with van der Waals surface area (Å²) in [7, 11) is 0. The molecule has 0 saturated heterocycles. The molecule has 2 aromatic carbocycles. The quantitative estimate of drug-likeness (QED) is 0.408. The summed E-state index contributed by atoms with van der Waals surface area (Å²) >= 11 is 22.5. The molecule has 0 fully saturated rings. The molecule has 24 heavy (non-hydrogen) atoms. The number of nitrogens with one attached hydrogen (secondary N) is 3. The first-order chi connectivity index (χ1) is 11.3. The van der Waals surface area contributed by atoms with Gasteiger partial charge in [-0.05, 0) is 23.7 Å². The summed E-state index contributed by atoms with van der Waals surface area (Å²) in [5.41, 5.74) is 0.741. The summed E-state index contributed by atoms with van der Waals surface area (Å²) in [5, 5.41) is 9.93. The molecular weight excluding hydrogens is 396 g/mol. The smallest absolute Gasteiger partial charge is 0.253 e. The van der Waals surface area contributed by atoms with Crippen LogP contribution in [0.2, 0.25) is 0 Å². The van der Waals surface area contributed by atoms with Gasteiger partial charge in [-0.1, -0.05) is 71.2 Å². The minimum atomic E-state index is -1.92. The topological polar surface area (TPSA) is 53.2 Å². The molecule has 2 rings (SSSR count). The van der Waals surface area contributed by atoms with Gasteiger partial charge < -0.3 is 16.0 Å². The van der Waals surface area contributed by atoms with E-state index in [1.54, 1.807) is 0 Å². The van der Waals surface area contributed by atoms with Crippen molar-refractivity contribution in [3.8, 4) is 0 Å². The molecule has 9 heteroatoms. The lowest BCUT2D eigenvalue weighted by Gasteiger charge is -2.27. The lowest BCUT2D eigenvalue weighted by molar-refractivity contribution is -0.122. The third-order valence-electron chi connectivity index (χ3n) is 3.07. The van der Waals surface area contributed by atoms with Crippen LogP contribution in [-0.2, 0) is 4.79 Å². The number of anilines is 1. The van der Waals surface area contributed by atoms with Gasteiger partial charge in [-0.2, -0.15) is 0 Å². The lowest BCUT2D eigenvalue weighted by atomic mass is 10.1. The van der Waals surface area contributed by atoms with E-state index in [0.717, 1.165) is 16.5 Å². The van der Waals surface area contributed by atoms with Gasteiger partial charge in [-0.15, -0.1) is 0 Å². The van der Waals surface area contributed by atoms with Crippen LogP contribution in [0.4, 0.5) is 10.1 Å². The molecule has 0 aliphatic rings. The van der Waals surface area contributed by atoms with Crippen LogP contribution < -0.4 is 16.0 Å². The Morgan fingerprint density at radius 1 is 1.12 bits per heavy atom. The Bertz CT molecular complexity index is 749. The molecule has 0 radical (unpaired) electrons. The molecule has 4 nitrogen and oxygen atoms in total. The zero-order chi connectivity index (χ0) is 17.7. The Morgan fingerprint density at radius 2 is 1.79 bits per heavy atom. The number of rotatable bonds is 4. The number of alkyl halides is 4. The highest BCUT2D eigenvalue weighted by Crippen LogP contribution is 2.29. The highest BCUT2D eigenvalue weighted by atomic mass is 35.6. The molecule has 0 unspecified atom stereocenters. The van der Waals surface area contributed by atoms with Crippen LogP contribution in [0, 0.1) is 0 Å². The van der Waals surface area contributed by atoms with E-state index in [1.807, 2.05) is 42.5 Å². The molecule has 0 spiro atoms. The first kappa shape index (κ1) is 19.0. The maximum absolute atomic E-state index is 12.4. The Balaban J connectivity index is 2.14. The molecular formula is C15H13Cl3FN3OS. The fourth-order valence-corrected chi connectivity index (χ4v) is 2.58. The molecule has 1 amide bonds. The third kappa shape index (κ3) is 5.08. The number of hydrogen-bond acceptors (Lipinski definition) is 2. The zero-order valence-corrected chi connectivity index (χ0v) is 15.2. The molecule has 128 valence electrons. The summed E-state index contributed by atoms with van der Waals surface area (Å²) in [5.74, 6) is -0.924. The van der Waals surface area contributed by atoms with Gasteiger partial charge in [0.15, 0.2) is 11.8 Å². The summed E-state index contributed by atoms with van der Waals surface area (Å²) in [6.07, 6.45) is -1.19. The van der Waals surface area contributed by atoms with Crippen molar-refractivity contribution in [1.29, 1.82) is 0 Å². The van der Waals surface area contributed by atoms with Gasteiger partial charge in [0.2, 0.25) is 3.79 Å². The molecule has 0 aliphatic carbocycles. The van der Waals surface area contributed by atoms with Gasteiger partial charge in [0, 0.05) is 11.1 Å². The Hall–Kier alpha value is -1.34. The van der Waals surface area contributed by atoms with Crippen molar-refractivity contribution in [3.63, 3.8) is 0 Å². The van der Waals surface area contributed by atoms with Crippen molar-refractivity contribution in [2.24, 2.45) is 0 Å². The highest BCUT2D eigenvalue weighted by Gasteiger charge is 2.34. The molecule has 1 atom stereocenters. The van der Waals surface area contributed by atoms with Crippen LogP contribution in [0.1, 0.15) is 0 Å². The van der Waals surface area contributed by atoms with E-state index < -0.39 is 22.5 Å². The van der Waals surface area contributed by atoms with Crippen LogP contribution in [0.15, 0.2) is 42.5 Å². The van der Waals surface area contributed by atoms with Gasteiger partial charge in [0.1, 0.15) is 6.17 Å². The number of carbonyl (C=O) groups excluding carboxylic acids is 1. The van der Waals surface area contributed by atoms with Crippen molar-refractivity contribution < 1.29 is 9.18 Å². The average molecular weight is 409 g/mol. The summed E-state index contributed by atoms with van der Waals surface area (Å²) in [6.45, 7) is -1.23. The Kier molecular flexibility index (Phi) is 6.46. The predicted molar refractivity (Wildman–Crippen MR) is 102 cm³/mol. The van der Waals surface area contributed by atoms with E-state index in [0.29, 0.717) is 0 Å². The number of carbonyl (C=O) groups is 1. The van der Waals surface area contributed by atoms with Gasteiger partial charge in [0.05, 0.1) is 0 Å². The van der Waals surface area contributed by atoms with Crippen LogP contribution in [0.25, 0.3) is 10.8 Å². The van der Waals surface area contributed by atoms with Crippen LogP contribution in [-0.4, -0.2) is 27.7 Å². The minimum absolute atomic E-state index is 0.113. The summed E-state index contributed by atoms with van der Waals surface area (Å²) in [6, 6.07) is 13.4. The van der Waals surface area contributed by atoms with Crippen LogP contribution in [0.5, 0.6) is 0 Å². The van der Waals surface area contributed by atoms with E-state index in [4.69, 9.17) is 47.0 Å². The maximum Gasteiger partial charge on any atom is 0.253 e. The predicted octanol–water partition coefficient (Wildman–Crippen LogP) is 3.91. The number of benzene rings is 2. The first-order valence-electron chi connectivity index (χ1n) is 6.78. The van der Waals surface area contributed by atoms with Gasteiger partial charge in [0.25, 0.3) is 5.91 Å². The van der Waals surface area contributed by atoms with Crippen LogP contribution >= 0.6 is 47.0 Å². The van der Waals surface area contributed by atoms with Crippen LogP contribution in [0.3, 0.4) is 0 Å². The van der Waals surface area contributed by atoms with E-state index in [1.165, 1.54) is 0 Å². The monoisotopic (exact) mass is 407 g/mol. The maximum atomic E-state index is 12.4. The molecule has 2 aromatic rings. The van der Waals surface area contributed by atoms with E-state index >= 15 is 0 Å². The van der Waals surface area contributed by atoms with Gasteiger partial charge in [-0.25, -0.2) is 4.39 Å². The van der Waals surface area contributed by atoms with Crippen molar-refractivity contribution in [1.82, 2.24) is 10.6 Å². The standard InChI is InChI=1S/C15H13Cl3FN3OS/c16-15(17,18)13(21-12(23)8-19)22-14(24)20-11-7-3-5-9-4-1-2-6-10(9)11/h1-7,13H,8H2,(H,21,23)(H2,20,22,24)/t13-/m1/s1. The van der Waals surface area contributed by atoms with Crippen molar-refractivity contribution in [2.75, 3.05) is 12.0 Å². The average Bonchev–Trinajstić information content (AvgIpc) is 2.53. The number of thiocarbonyl (C=S) groups is 1. The highest BCUT2D eigenvalue weighted by molar-refractivity contribution is 7.80. The van der Waals surface area contributed by atoms with Gasteiger partial charge in [-0.3, -0.25) is 4.79 Å². The largest absolute Gasteiger partial charge is 0.339 e. The Morgan fingerprint density at radius 3 is 2.46 bits per heavy atom. The van der Waals surface area contributed by atoms with E-state index in [2.05, 4.69) is 16.0 Å². The molecule has 0 aliphatic heterocycles. The lowest BCUT2D eigenvalue weighted by Crippen LogP contribution is -2.56. The zero-order valence-electron chi connectivity index (χ0n) is 12.2.